The van der Waals surface area contributed by atoms with E-state index in [0.717, 1.165) is 57.7 Å². The van der Waals surface area contributed by atoms with Crippen LogP contribution in [0.3, 0.4) is 0 Å². The van der Waals surface area contributed by atoms with Gasteiger partial charge in [0, 0.05) is 45.3 Å². The number of amides is 1. The number of carbonyl (C=O) groups excluding carboxylic acids is 1. The molecule has 0 spiro atoms. The number of nitrogens with one attached hydrogen (secondary N) is 1. The van der Waals surface area contributed by atoms with Gasteiger partial charge in [0.15, 0.2) is 0 Å². The van der Waals surface area contributed by atoms with Crippen LogP contribution < -0.4 is 5.32 Å². The molecule has 2 saturated heterocycles. The average Bonchev–Trinajstić information content (AvgIpc) is 2.61. The third-order valence-corrected chi connectivity index (χ3v) is 4.60. The fourth-order valence-corrected chi connectivity index (χ4v) is 3.27. The zero-order valence-corrected chi connectivity index (χ0v) is 15.5. The second-order valence-electron chi connectivity index (χ2n) is 6.04. The molecule has 2 aliphatic heterocycles. The number of hydrogen-bond acceptors (Lipinski definition) is 4. The SMILES string of the molecule is Cl.Cl.O=C(OCc1ccccc1)N1CCC(N2CCNCC2)CC1. The molecule has 24 heavy (non-hydrogen) atoms. The summed E-state index contributed by atoms with van der Waals surface area (Å²) in [6.45, 7) is 6.40. The molecule has 2 fully saturated rings. The van der Waals surface area contributed by atoms with Crippen molar-refractivity contribution in [2.45, 2.75) is 25.5 Å². The Morgan fingerprint density at radius 3 is 2.29 bits per heavy atom. The van der Waals surface area contributed by atoms with E-state index in [1.165, 1.54) is 0 Å². The second kappa shape index (κ2) is 10.8. The Balaban J connectivity index is 0.00000144. The van der Waals surface area contributed by atoms with Gasteiger partial charge in [0.1, 0.15) is 6.61 Å². The quantitative estimate of drug-likeness (QED) is 0.881. The number of ether oxygens (including phenoxy) is 1. The van der Waals surface area contributed by atoms with Gasteiger partial charge in [-0.3, -0.25) is 4.90 Å². The van der Waals surface area contributed by atoms with Crippen LogP contribution in [-0.4, -0.2) is 61.2 Å². The maximum absolute atomic E-state index is 12.1. The van der Waals surface area contributed by atoms with Gasteiger partial charge in [-0.15, -0.1) is 24.8 Å². The standard InChI is InChI=1S/C17H25N3O2.2ClH/c21-17(22-14-15-4-2-1-3-5-15)20-10-6-16(7-11-20)19-12-8-18-9-13-19;;/h1-5,16,18H,6-14H2;2*1H. The summed E-state index contributed by atoms with van der Waals surface area (Å²) >= 11 is 0. The molecule has 0 aromatic heterocycles. The fraction of sp³-hybridized carbons (Fsp3) is 0.588. The van der Waals surface area contributed by atoms with Gasteiger partial charge < -0.3 is 15.0 Å². The lowest BCUT2D eigenvalue weighted by Crippen LogP contribution is -2.52. The first kappa shape index (κ1) is 21.0. The predicted octanol–water partition coefficient (Wildman–Crippen LogP) is 2.54. The molecule has 3 rings (SSSR count). The minimum Gasteiger partial charge on any atom is -0.445 e. The van der Waals surface area contributed by atoms with E-state index in [1.54, 1.807) is 0 Å². The second-order valence-corrected chi connectivity index (χ2v) is 6.04. The third kappa shape index (κ3) is 5.81. The van der Waals surface area contributed by atoms with Gasteiger partial charge in [0.25, 0.3) is 0 Å². The first-order valence-corrected chi connectivity index (χ1v) is 8.23. The Morgan fingerprint density at radius 2 is 1.67 bits per heavy atom. The maximum atomic E-state index is 12.1. The summed E-state index contributed by atoms with van der Waals surface area (Å²) in [5, 5.41) is 3.39. The molecule has 2 heterocycles. The van der Waals surface area contributed by atoms with Crippen molar-refractivity contribution in [1.29, 1.82) is 0 Å². The summed E-state index contributed by atoms with van der Waals surface area (Å²) in [7, 11) is 0. The van der Waals surface area contributed by atoms with Gasteiger partial charge in [-0.25, -0.2) is 4.79 Å². The van der Waals surface area contributed by atoms with Crippen molar-refractivity contribution in [3.8, 4) is 0 Å². The number of piperazine rings is 1. The molecule has 136 valence electrons. The Bertz CT molecular complexity index is 476. The summed E-state index contributed by atoms with van der Waals surface area (Å²) in [6.07, 6.45) is 1.93. The molecular formula is C17H27Cl2N3O2. The van der Waals surface area contributed by atoms with Gasteiger partial charge in [-0.2, -0.15) is 0 Å². The van der Waals surface area contributed by atoms with Crippen molar-refractivity contribution in [1.82, 2.24) is 15.1 Å². The Labute approximate surface area is 156 Å². The Morgan fingerprint density at radius 1 is 1.04 bits per heavy atom. The zero-order valence-electron chi connectivity index (χ0n) is 13.9. The van der Waals surface area contributed by atoms with Crippen molar-refractivity contribution in [3.63, 3.8) is 0 Å². The number of halogens is 2. The van der Waals surface area contributed by atoms with Crippen LogP contribution in [0.15, 0.2) is 30.3 Å². The molecule has 1 aromatic carbocycles. The van der Waals surface area contributed by atoms with E-state index in [9.17, 15) is 4.79 Å². The van der Waals surface area contributed by atoms with E-state index in [2.05, 4.69) is 10.2 Å². The van der Waals surface area contributed by atoms with Gasteiger partial charge in [-0.1, -0.05) is 30.3 Å². The lowest BCUT2D eigenvalue weighted by molar-refractivity contribution is 0.0647. The van der Waals surface area contributed by atoms with E-state index >= 15 is 0 Å². The van der Waals surface area contributed by atoms with Crippen molar-refractivity contribution in [2.24, 2.45) is 0 Å². The largest absolute Gasteiger partial charge is 0.445 e. The number of nitrogens with zero attached hydrogens (tertiary/aromatic N) is 2. The number of rotatable bonds is 3. The van der Waals surface area contributed by atoms with Gasteiger partial charge in [0.2, 0.25) is 0 Å². The molecular weight excluding hydrogens is 349 g/mol. The summed E-state index contributed by atoms with van der Waals surface area (Å²) in [4.78, 5) is 16.5. The molecule has 0 unspecified atom stereocenters. The van der Waals surface area contributed by atoms with Crippen LogP contribution >= 0.6 is 24.8 Å². The van der Waals surface area contributed by atoms with Gasteiger partial charge in [0.05, 0.1) is 0 Å². The lowest BCUT2D eigenvalue weighted by Gasteiger charge is -2.39. The third-order valence-electron chi connectivity index (χ3n) is 4.60. The molecule has 0 bridgehead atoms. The summed E-state index contributed by atoms with van der Waals surface area (Å²) in [5.41, 5.74) is 1.03. The fourth-order valence-electron chi connectivity index (χ4n) is 3.27. The van der Waals surface area contributed by atoms with Crippen LogP contribution in [-0.2, 0) is 11.3 Å². The molecule has 0 saturated carbocycles. The van der Waals surface area contributed by atoms with E-state index in [0.29, 0.717) is 12.6 Å². The minimum absolute atomic E-state index is 0. The molecule has 1 amide bonds. The smallest absolute Gasteiger partial charge is 0.410 e. The van der Waals surface area contributed by atoms with Crippen LogP contribution in [0.25, 0.3) is 0 Å². The van der Waals surface area contributed by atoms with E-state index in [-0.39, 0.29) is 30.9 Å². The summed E-state index contributed by atoms with van der Waals surface area (Å²) in [6, 6.07) is 10.5. The minimum atomic E-state index is -0.178. The molecule has 7 heteroatoms. The number of carbonyl (C=O) groups is 1. The molecule has 2 aliphatic rings. The van der Waals surface area contributed by atoms with Crippen LogP contribution in [0.1, 0.15) is 18.4 Å². The van der Waals surface area contributed by atoms with Crippen LogP contribution in [0.2, 0.25) is 0 Å². The molecule has 0 atom stereocenters. The van der Waals surface area contributed by atoms with Crippen LogP contribution in [0.5, 0.6) is 0 Å². The normalized spacial score (nSPS) is 19.1. The topological polar surface area (TPSA) is 44.8 Å². The highest BCUT2D eigenvalue weighted by Gasteiger charge is 2.28. The van der Waals surface area contributed by atoms with Crippen molar-refractivity contribution in [2.75, 3.05) is 39.3 Å². The van der Waals surface area contributed by atoms with Crippen LogP contribution in [0, 0.1) is 0 Å². The van der Waals surface area contributed by atoms with E-state index in [1.807, 2.05) is 35.2 Å². The first-order valence-electron chi connectivity index (χ1n) is 8.23. The van der Waals surface area contributed by atoms with Crippen LogP contribution in [0.4, 0.5) is 4.79 Å². The van der Waals surface area contributed by atoms with Gasteiger partial charge in [-0.05, 0) is 18.4 Å². The number of piperidine rings is 1. The van der Waals surface area contributed by atoms with Crippen molar-refractivity contribution in [3.05, 3.63) is 35.9 Å². The van der Waals surface area contributed by atoms with Gasteiger partial charge >= 0.3 is 6.09 Å². The average molecular weight is 376 g/mol. The molecule has 0 aliphatic carbocycles. The highest BCUT2D eigenvalue weighted by atomic mass is 35.5. The first-order chi connectivity index (χ1) is 10.8. The highest BCUT2D eigenvalue weighted by Crippen LogP contribution is 2.18. The molecule has 5 nitrogen and oxygen atoms in total. The van der Waals surface area contributed by atoms with E-state index in [4.69, 9.17) is 4.74 Å². The summed E-state index contributed by atoms with van der Waals surface area (Å²) < 4.78 is 5.41. The zero-order chi connectivity index (χ0) is 15.2. The number of likely N-dealkylation sites (tertiary alicyclic amines) is 1. The monoisotopic (exact) mass is 375 g/mol. The Hall–Kier alpha value is -1.01. The number of benzene rings is 1. The Kier molecular flexibility index (Phi) is 9.44. The molecule has 0 radical (unpaired) electrons. The molecule has 1 aromatic rings. The van der Waals surface area contributed by atoms with E-state index < -0.39 is 0 Å². The van der Waals surface area contributed by atoms with Crippen molar-refractivity contribution < 1.29 is 9.53 Å². The predicted molar refractivity (Wildman–Crippen MR) is 100 cm³/mol. The maximum Gasteiger partial charge on any atom is 0.410 e. The summed E-state index contributed by atoms with van der Waals surface area (Å²) in [5.74, 6) is 0. The van der Waals surface area contributed by atoms with Crippen molar-refractivity contribution >= 4 is 30.9 Å². The highest BCUT2D eigenvalue weighted by molar-refractivity contribution is 5.85. The number of hydrogen-bond donors (Lipinski definition) is 1. The molecule has 1 N–H and O–H groups in total. The lowest BCUT2D eigenvalue weighted by atomic mass is 10.0.